The van der Waals surface area contributed by atoms with Crippen molar-refractivity contribution in [3.63, 3.8) is 0 Å². The molecule has 2 aliphatic heterocycles. The SMILES string of the molecule is NC(=O)C1CCCN(c2ccc(NC(=O)C3CC(=O)N(Cc4ccccn4)C3)cn2)C1. The molecule has 9 heteroatoms. The van der Waals surface area contributed by atoms with E-state index in [-0.39, 0.29) is 30.1 Å². The van der Waals surface area contributed by atoms with Crippen LogP contribution in [0.3, 0.4) is 0 Å². The van der Waals surface area contributed by atoms with Crippen molar-refractivity contribution >= 4 is 29.2 Å². The minimum Gasteiger partial charge on any atom is -0.369 e. The van der Waals surface area contributed by atoms with E-state index in [4.69, 9.17) is 5.73 Å². The van der Waals surface area contributed by atoms with Gasteiger partial charge in [-0.05, 0) is 37.1 Å². The van der Waals surface area contributed by atoms with Crippen molar-refractivity contribution in [2.75, 3.05) is 29.9 Å². The fourth-order valence-corrected chi connectivity index (χ4v) is 4.10. The van der Waals surface area contributed by atoms with Gasteiger partial charge in [-0.1, -0.05) is 6.07 Å². The summed E-state index contributed by atoms with van der Waals surface area (Å²) in [6.07, 6.45) is 5.17. The monoisotopic (exact) mass is 422 g/mol. The smallest absolute Gasteiger partial charge is 0.229 e. The van der Waals surface area contributed by atoms with Crippen LogP contribution in [0.15, 0.2) is 42.7 Å². The first-order chi connectivity index (χ1) is 15.0. The molecular formula is C22H26N6O3. The van der Waals surface area contributed by atoms with Gasteiger partial charge in [0.2, 0.25) is 17.7 Å². The van der Waals surface area contributed by atoms with E-state index < -0.39 is 5.92 Å². The lowest BCUT2D eigenvalue weighted by Crippen LogP contribution is -2.41. The van der Waals surface area contributed by atoms with Gasteiger partial charge in [-0.2, -0.15) is 0 Å². The molecule has 2 unspecified atom stereocenters. The Bertz CT molecular complexity index is 949. The number of pyridine rings is 2. The van der Waals surface area contributed by atoms with E-state index in [0.29, 0.717) is 25.3 Å². The van der Waals surface area contributed by atoms with Crippen molar-refractivity contribution in [1.82, 2.24) is 14.9 Å². The number of nitrogens with two attached hydrogens (primary N) is 1. The van der Waals surface area contributed by atoms with Gasteiger partial charge in [0.15, 0.2) is 0 Å². The third kappa shape index (κ3) is 4.99. The van der Waals surface area contributed by atoms with Crippen LogP contribution in [0.5, 0.6) is 0 Å². The molecule has 162 valence electrons. The van der Waals surface area contributed by atoms with Crippen molar-refractivity contribution in [2.45, 2.75) is 25.8 Å². The molecule has 4 heterocycles. The summed E-state index contributed by atoms with van der Waals surface area (Å²) in [7, 11) is 0. The van der Waals surface area contributed by atoms with Gasteiger partial charge < -0.3 is 20.9 Å². The van der Waals surface area contributed by atoms with E-state index in [9.17, 15) is 14.4 Å². The predicted octanol–water partition coefficient (Wildman–Crippen LogP) is 1.17. The average Bonchev–Trinajstić information content (AvgIpc) is 3.15. The second-order valence-corrected chi connectivity index (χ2v) is 8.08. The Morgan fingerprint density at radius 3 is 2.71 bits per heavy atom. The largest absolute Gasteiger partial charge is 0.369 e. The molecule has 2 aromatic rings. The van der Waals surface area contributed by atoms with E-state index in [2.05, 4.69) is 15.3 Å². The van der Waals surface area contributed by atoms with Crippen LogP contribution in [-0.4, -0.2) is 52.2 Å². The molecule has 0 aromatic carbocycles. The normalized spacial score (nSPS) is 21.2. The van der Waals surface area contributed by atoms with E-state index in [1.807, 2.05) is 29.2 Å². The Balaban J connectivity index is 1.32. The van der Waals surface area contributed by atoms with Crippen LogP contribution >= 0.6 is 0 Å². The summed E-state index contributed by atoms with van der Waals surface area (Å²) in [5.74, 6) is -0.344. The van der Waals surface area contributed by atoms with Gasteiger partial charge in [-0.25, -0.2) is 4.98 Å². The van der Waals surface area contributed by atoms with E-state index in [0.717, 1.165) is 30.9 Å². The van der Waals surface area contributed by atoms with Crippen LogP contribution in [0.25, 0.3) is 0 Å². The van der Waals surface area contributed by atoms with Crippen molar-refractivity contribution < 1.29 is 14.4 Å². The molecular weight excluding hydrogens is 396 g/mol. The van der Waals surface area contributed by atoms with Crippen LogP contribution in [0.1, 0.15) is 25.0 Å². The molecule has 9 nitrogen and oxygen atoms in total. The summed E-state index contributed by atoms with van der Waals surface area (Å²) in [4.78, 5) is 48.8. The topological polar surface area (TPSA) is 122 Å². The van der Waals surface area contributed by atoms with Crippen LogP contribution in [0.2, 0.25) is 0 Å². The molecule has 0 saturated carbocycles. The number of rotatable bonds is 6. The zero-order valence-corrected chi connectivity index (χ0v) is 17.2. The minimum atomic E-state index is -0.408. The maximum Gasteiger partial charge on any atom is 0.229 e. The highest BCUT2D eigenvalue weighted by Gasteiger charge is 2.34. The molecule has 2 atom stereocenters. The summed E-state index contributed by atoms with van der Waals surface area (Å²) in [5, 5.41) is 2.86. The van der Waals surface area contributed by atoms with Crippen LogP contribution < -0.4 is 16.0 Å². The number of hydrogen-bond acceptors (Lipinski definition) is 6. The number of primary amides is 1. The lowest BCUT2D eigenvalue weighted by Gasteiger charge is -2.32. The number of aromatic nitrogens is 2. The number of anilines is 2. The first kappa shape index (κ1) is 20.8. The zero-order valence-electron chi connectivity index (χ0n) is 17.2. The van der Waals surface area contributed by atoms with E-state index in [1.54, 1.807) is 23.4 Å². The second-order valence-electron chi connectivity index (χ2n) is 8.08. The Morgan fingerprint density at radius 2 is 2.00 bits per heavy atom. The third-order valence-electron chi connectivity index (χ3n) is 5.83. The van der Waals surface area contributed by atoms with E-state index in [1.165, 1.54) is 0 Å². The van der Waals surface area contributed by atoms with Gasteiger partial charge in [-0.3, -0.25) is 19.4 Å². The van der Waals surface area contributed by atoms with E-state index >= 15 is 0 Å². The summed E-state index contributed by atoms with van der Waals surface area (Å²) in [5.41, 5.74) is 6.82. The molecule has 2 fully saturated rings. The second kappa shape index (κ2) is 9.11. The van der Waals surface area contributed by atoms with Crippen molar-refractivity contribution in [2.24, 2.45) is 17.6 Å². The molecule has 31 heavy (non-hydrogen) atoms. The van der Waals surface area contributed by atoms with Crippen molar-refractivity contribution in [3.8, 4) is 0 Å². The predicted molar refractivity (Wildman–Crippen MR) is 115 cm³/mol. The number of piperidine rings is 1. The van der Waals surface area contributed by atoms with Gasteiger partial charge in [0.1, 0.15) is 5.82 Å². The number of nitrogens with one attached hydrogen (secondary N) is 1. The van der Waals surface area contributed by atoms with Crippen LogP contribution in [0.4, 0.5) is 11.5 Å². The van der Waals surface area contributed by atoms with Gasteiger partial charge in [0.05, 0.1) is 36.0 Å². The maximum atomic E-state index is 12.7. The number of hydrogen-bond donors (Lipinski definition) is 2. The fourth-order valence-electron chi connectivity index (χ4n) is 4.10. The summed E-state index contributed by atoms with van der Waals surface area (Å²) in [6.45, 7) is 2.15. The van der Waals surface area contributed by atoms with Crippen molar-refractivity contribution in [3.05, 3.63) is 48.4 Å². The first-order valence-corrected chi connectivity index (χ1v) is 10.5. The Kier molecular flexibility index (Phi) is 6.11. The van der Waals surface area contributed by atoms with Gasteiger partial charge in [0, 0.05) is 32.3 Å². The zero-order chi connectivity index (χ0) is 21.8. The van der Waals surface area contributed by atoms with Gasteiger partial charge >= 0.3 is 0 Å². The van der Waals surface area contributed by atoms with Crippen LogP contribution in [0, 0.1) is 11.8 Å². The van der Waals surface area contributed by atoms with Gasteiger partial charge in [0.25, 0.3) is 0 Å². The lowest BCUT2D eigenvalue weighted by atomic mass is 9.97. The Morgan fingerprint density at radius 1 is 1.13 bits per heavy atom. The number of carbonyl (C=O) groups excluding carboxylic acids is 3. The quantitative estimate of drug-likeness (QED) is 0.721. The molecule has 3 N–H and O–H groups in total. The number of likely N-dealkylation sites (tertiary alicyclic amines) is 1. The summed E-state index contributed by atoms with van der Waals surface area (Å²) < 4.78 is 0. The maximum absolute atomic E-state index is 12.7. The summed E-state index contributed by atoms with van der Waals surface area (Å²) >= 11 is 0. The Hall–Kier alpha value is -3.49. The lowest BCUT2D eigenvalue weighted by molar-refractivity contribution is -0.128. The standard InChI is InChI=1S/C22H26N6O3/c23-21(30)15-4-3-9-27(12-15)19-7-6-17(11-25-19)26-22(31)16-10-20(29)28(13-16)14-18-5-1-2-8-24-18/h1-2,5-8,11,15-16H,3-4,9-10,12-14H2,(H2,23,30)(H,26,31). The molecule has 2 aliphatic rings. The Labute approximate surface area is 180 Å². The summed E-state index contributed by atoms with van der Waals surface area (Å²) in [6, 6.07) is 9.18. The highest BCUT2D eigenvalue weighted by atomic mass is 16.2. The third-order valence-corrected chi connectivity index (χ3v) is 5.83. The fraction of sp³-hybridized carbons (Fsp3) is 0.409. The number of carbonyl (C=O) groups is 3. The molecule has 0 radical (unpaired) electrons. The van der Waals surface area contributed by atoms with Crippen LogP contribution in [-0.2, 0) is 20.9 Å². The average molecular weight is 422 g/mol. The first-order valence-electron chi connectivity index (χ1n) is 10.5. The molecule has 3 amide bonds. The molecule has 0 spiro atoms. The molecule has 2 saturated heterocycles. The minimum absolute atomic E-state index is 0.0478. The van der Waals surface area contributed by atoms with Gasteiger partial charge in [-0.15, -0.1) is 0 Å². The van der Waals surface area contributed by atoms with Crippen molar-refractivity contribution in [1.29, 1.82) is 0 Å². The number of nitrogens with zero attached hydrogens (tertiary/aromatic N) is 4. The highest BCUT2D eigenvalue weighted by Crippen LogP contribution is 2.24. The molecule has 0 bridgehead atoms. The highest BCUT2D eigenvalue weighted by molar-refractivity contribution is 5.97. The molecule has 4 rings (SSSR count). The molecule has 0 aliphatic carbocycles. The molecule has 2 aromatic heterocycles. The number of amides is 3.